The van der Waals surface area contributed by atoms with Crippen molar-refractivity contribution >= 4 is 11.6 Å². The number of ether oxygens (including phenoxy) is 1. The summed E-state index contributed by atoms with van der Waals surface area (Å²) in [5, 5.41) is 0.724. The molecular formula is C12H18ClNO. The average Bonchev–Trinajstić information content (AvgIpc) is 2.18. The Morgan fingerprint density at radius 1 is 1.40 bits per heavy atom. The van der Waals surface area contributed by atoms with Gasteiger partial charge in [0.1, 0.15) is 5.75 Å². The summed E-state index contributed by atoms with van der Waals surface area (Å²) in [5.74, 6) is 1.31. The van der Waals surface area contributed by atoms with Gasteiger partial charge in [0.15, 0.2) is 0 Å². The van der Waals surface area contributed by atoms with Gasteiger partial charge in [0.05, 0.1) is 7.11 Å². The topological polar surface area (TPSA) is 35.2 Å². The molecule has 0 aromatic heterocycles. The molecule has 2 nitrogen and oxygen atoms in total. The van der Waals surface area contributed by atoms with E-state index in [0.717, 1.165) is 22.8 Å². The Kier molecular flexibility index (Phi) is 4.43. The molecule has 0 amide bonds. The van der Waals surface area contributed by atoms with Crippen molar-refractivity contribution in [1.82, 2.24) is 0 Å². The van der Waals surface area contributed by atoms with Crippen LogP contribution < -0.4 is 10.5 Å². The van der Waals surface area contributed by atoms with Gasteiger partial charge in [0.2, 0.25) is 0 Å². The molecule has 0 radical (unpaired) electrons. The molecule has 1 aromatic rings. The molecule has 1 atom stereocenters. The van der Waals surface area contributed by atoms with E-state index in [9.17, 15) is 0 Å². The standard InChI is InChI=1S/C12H18ClNO/c1-8(2)11(14)7-9-6-10(13)4-5-12(9)15-3/h4-6,8,11H,7,14H2,1-3H3. The number of hydrogen-bond donors (Lipinski definition) is 1. The molecule has 0 aliphatic carbocycles. The largest absolute Gasteiger partial charge is 0.496 e. The summed E-state index contributed by atoms with van der Waals surface area (Å²) < 4.78 is 5.27. The Morgan fingerprint density at radius 2 is 2.07 bits per heavy atom. The molecule has 1 rings (SSSR count). The third-order valence-electron chi connectivity index (χ3n) is 2.55. The molecule has 3 heteroatoms. The molecule has 0 fully saturated rings. The van der Waals surface area contributed by atoms with Gasteiger partial charge in [-0.3, -0.25) is 0 Å². The summed E-state index contributed by atoms with van der Waals surface area (Å²) in [7, 11) is 1.66. The van der Waals surface area contributed by atoms with Gasteiger partial charge in [0.25, 0.3) is 0 Å². The van der Waals surface area contributed by atoms with E-state index in [1.54, 1.807) is 7.11 Å². The summed E-state index contributed by atoms with van der Waals surface area (Å²) in [6, 6.07) is 5.76. The molecule has 84 valence electrons. The van der Waals surface area contributed by atoms with Crippen LogP contribution in [0.3, 0.4) is 0 Å². The maximum atomic E-state index is 6.02. The highest BCUT2D eigenvalue weighted by Crippen LogP contribution is 2.24. The molecule has 1 aromatic carbocycles. The van der Waals surface area contributed by atoms with Crippen molar-refractivity contribution in [2.75, 3.05) is 7.11 Å². The van der Waals surface area contributed by atoms with E-state index in [1.807, 2.05) is 18.2 Å². The lowest BCUT2D eigenvalue weighted by molar-refractivity contribution is 0.403. The second-order valence-electron chi connectivity index (χ2n) is 4.07. The van der Waals surface area contributed by atoms with Crippen LogP contribution in [-0.4, -0.2) is 13.2 Å². The summed E-state index contributed by atoms with van der Waals surface area (Å²) in [6.07, 6.45) is 0.793. The van der Waals surface area contributed by atoms with Crippen LogP contribution in [0.4, 0.5) is 0 Å². The lowest BCUT2D eigenvalue weighted by atomic mass is 9.97. The zero-order valence-corrected chi connectivity index (χ0v) is 10.2. The van der Waals surface area contributed by atoms with Crippen LogP contribution in [0.2, 0.25) is 5.02 Å². The minimum Gasteiger partial charge on any atom is -0.496 e. The lowest BCUT2D eigenvalue weighted by Gasteiger charge is -2.17. The molecule has 0 saturated heterocycles. The van der Waals surface area contributed by atoms with Crippen LogP contribution >= 0.6 is 11.6 Å². The molecule has 1 unspecified atom stereocenters. The van der Waals surface area contributed by atoms with E-state index in [0.29, 0.717) is 5.92 Å². The van der Waals surface area contributed by atoms with E-state index in [2.05, 4.69) is 13.8 Å². The summed E-state index contributed by atoms with van der Waals surface area (Å²) in [4.78, 5) is 0. The first-order chi connectivity index (χ1) is 7.04. The molecule has 0 aliphatic rings. The van der Waals surface area contributed by atoms with Crippen LogP contribution in [0.1, 0.15) is 19.4 Å². The molecule has 15 heavy (non-hydrogen) atoms. The maximum absolute atomic E-state index is 6.02. The minimum atomic E-state index is 0.136. The monoisotopic (exact) mass is 227 g/mol. The van der Waals surface area contributed by atoms with Crippen molar-refractivity contribution in [2.45, 2.75) is 26.3 Å². The number of halogens is 1. The number of rotatable bonds is 4. The van der Waals surface area contributed by atoms with Gasteiger partial charge in [-0.2, -0.15) is 0 Å². The van der Waals surface area contributed by atoms with Gasteiger partial charge < -0.3 is 10.5 Å². The normalized spacial score (nSPS) is 12.9. The van der Waals surface area contributed by atoms with Crippen LogP contribution in [0.25, 0.3) is 0 Å². The highest BCUT2D eigenvalue weighted by Gasteiger charge is 2.12. The maximum Gasteiger partial charge on any atom is 0.122 e. The van der Waals surface area contributed by atoms with E-state index in [1.165, 1.54) is 0 Å². The predicted octanol–water partition coefficient (Wildman–Crippen LogP) is 2.87. The van der Waals surface area contributed by atoms with Crippen molar-refractivity contribution in [2.24, 2.45) is 11.7 Å². The second-order valence-corrected chi connectivity index (χ2v) is 4.50. The Bertz CT molecular complexity index is 325. The lowest BCUT2D eigenvalue weighted by Crippen LogP contribution is -2.28. The summed E-state index contributed by atoms with van der Waals surface area (Å²) in [5.41, 5.74) is 7.10. The molecule has 0 aliphatic heterocycles. The van der Waals surface area contributed by atoms with Crippen molar-refractivity contribution in [3.8, 4) is 5.75 Å². The third kappa shape index (κ3) is 3.40. The highest BCUT2D eigenvalue weighted by atomic mass is 35.5. The predicted molar refractivity (Wildman–Crippen MR) is 64.5 cm³/mol. The van der Waals surface area contributed by atoms with E-state index >= 15 is 0 Å². The van der Waals surface area contributed by atoms with Gasteiger partial charge in [-0.05, 0) is 36.1 Å². The number of nitrogens with two attached hydrogens (primary N) is 1. The van der Waals surface area contributed by atoms with E-state index < -0.39 is 0 Å². The van der Waals surface area contributed by atoms with Crippen molar-refractivity contribution in [3.05, 3.63) is 28.8 Å². The Balaban J connectivity index is 2.87. The van der Waals surface area contributed by atoms with E-state index in [4.69, 9.17) is 22.1 Å². The molecule has 0 spiro atoms. The first kappa shape index (κ1) is 12.3. The quantitative estimate of drug-likeness (QED) is 0.859. The van der Waals surface area contributed by atoms with Crippen LogP contribution in [0.5, 0.6) is 5.75 Å². The Morgan fingerprint density at radius 3 is 2.60 bits per heavy atom. The average molecular weight is 228 g/mol. The second kappa shape index (κ2) is 5.38. The molecule has 2 N–H and O–H groups in total. The first-order valence-corrected chi connectivity index (χ1v) is 5.50. The Labute approximate surface area is 96.4 Å². The number of benzene rings is 1. The van der Waals surface area contributed by atoms with Gasteiger partial charge in [-0.15, -0.1) is 0 Å². The van der Waals surface area contributed by atoms with Crippen LogP contribution in [0, 0.1) is 5.92 Å². The highest BCUT2D eigenvalue weighted by molar-refractivity contribution is 6.30. The van der Waals surface area contributed by atoms with Gasteiger partial charge in [-0.1, -0.05) is 25.4 Å². The van der Waals surface area contributed by atoms with E-state index in [-0.39, 0.29) is 6.04 Å². The fourth-order valence-corrected chi connectivity index (χ4v) is 1.59. The van der Waals surface area contributed by atoms with Gasteiger partial charge in [0, 0.05) is 11.1 Å². The molecule has 0 bridgehead atoms. The first-order valence-electron chi connectivity index (χ1n) is 5.12. The van der Waals surface area contributed by atoms with Crippen LogP contribution in [0.15, 0.2) is 18.2 Å². The smallest absolute Gasteiger partial charge is 0.122 e. The van der Waals surface area contributed by atoms with Gasteiger partial charge in [-0.25, -0.2) is 0 Å². The fraction of sp³-hybridized carbons (Fsp3) is 0.500. The minimum absolute atomic E-state index is 0.136. The Hall–Kier alpha value is -0.730. The zero-order valence-electron chi connectivity index (χ0n) is 9.46. The summed E-state index contributed by atoms with van der Waals surface area (Å²) in [6.45, 7) is 4.23. The molecular weight excluding hydrogens is 210 g/mol. The summed E-state index contributed by atoms with van der Waals surface area (Å²) >= 11 is 5.94. The molecule has 0 heterocycles. The van der Waals surface area contributed by atoms with Crippen LogP contribution in [-0.2, 0) is 6.42 Å². The van der Waals surface area contributed by atoms with Gasteiger partial charge >= 0.3 is 0 Å². The number of hydrogen-bond acceptors (Lipinski definition) is 2. The van der Waals surface area contributed by atoms with Crippen molar-refractivity contribution in [1.29, 1.82) is 0 Å². The fourth-order valence-electron chi connectivity index (χ4n) is 1.40. The number of methoxy groups -OCH3 is 1. The third-order valence-corrected chi connectivity index (χ3v) is 2.79. The zero-order chi connectivity index (χ0) is 11.4. The van der Waals surface area contributed by atoms with Crippen molar-refractivity contribution in [3.63, 3.8) is 0 Å². The van der Waals surface area contributed by atoms with Crippen molar-refractivity contribution < 1.29 is 4.74 Å². The SMILES string of the molecule is COc1ccc(Cl)cc1CC(N)C(C)C. The molecule has 0 saturated carbocycles.